The molecular formula is C10H17ClN2O. The van der Waals surface area contributed by atoms with E-state index in [4.69, 9.17) is 11.6 Å². The van der Waals surface area contributed by atoms with E-state index in [2.05, 4.69) is 16.8 Å². The summed E-state index contributed by atoms with van der Waals surface area (Å²) < 4.78 is 0. The predicted octanol–water partition coefficient (Wildman–Crippen LogP) is 1.20. The highest BCUT2D eigenvalue weighted by atomic mass is 35.5. The van der Waals surface area contributed by atoms with Crippen LogP contribution in [0.2, 0.25) is 0 Å². The average molecular weight is 217 g/mol. The van der Waals surface area contributed by atoms with E-state index >= 15 is 0 Å². The molecular weight excluding hydrogens is 200 g/mol. The third kappa shape index (κ3) is 3.31. The van der Waals surface area contributed by atoms with Crippen molar-refractivity contribution >= 4 is 17.5 Å². The van der Waals surface area contributed by atoms with Gasteiger partial charge in [0.1, 0.15) is 0 Å². The molecule has 1 fully saturated rings. The highest BCUT2D eigenvalue weighted by Gasteiger charge is 2.23. The molecule has 0 spiro atoms. The SMILES string of the molecule is C=C(Cl)CN1CCC(C(=O)NC)CC1. The van der Waals surface area contributed by atoms with Gasteiger partial charge in [-0.25, -0.2) is 0 Å². The summed E-state index contributed by atoms with van der Waals surface area (Å²) in [5, 5.41) is 3.36. The van der Waals surface area contributed by atoms with Gasteiger partial charge < -0.3 is 5.32 Å². The maximum Gasteiger partial charge on any atom is 0.222 e. The Bertz CT molecular complexity index is 222. The monoisotopic (exact) mass is 216 g/mol. The number of rotatable bonds is 3. The molecule has 1 amide bonds. The zero-order chi connectivity index (χ0) is 10.6. The van der Waals surface area contributed by atoms with Crippen LogP contribution in [-0.4, -0.2) is 37.5 Å². The van der Waals surface area contributed by atoms with Gasteiger partial charge in [0.2, 0.25) is 5.91 Å². The van der Waals surface area contributed by atoms with Gasteiger partial charge in [-0.05, 0) is 25.9 Å². The summed E-state index contributed by atoms with van der Waals surface area (Å²) in [5.74, 6) is 0.342. The molecule has 0 aromatic carbocycles. The van der Waals surface area contributed by atoms with Crippen molar-refractivity contribution in [3.8, 4) is 0 Å². The number of halogens is 1. The normalized spacial score (nSPS) is 19.3. The summed E-state index contributed by atoms with van der Waals surface area (Å²) in [5.41, 5.74) is 0. The lowest BCUT2D eigenvalue weighted by Crippen LogP contribution is -2.39. The smallest absolute Gasteiger partial charge is 0.222 e. The maximum absolute atomic E-state index is 11.3. The minimum Gasteiger partial charge on any atom is -0.359 e. The van der Waals surface area contributed by atoms with Gasteiger partial charge >= 0.3 is 0 Å². The minimum absolute atomic E-state index is 0.161. The first-order valence-corrected chi connectivity index (χ1v) is 5.28. The zero-order valence-electron chi connectivity index (χ0n) is 8.55. The van der Waals surface area contributed by atoms with E-state index in [0.29, 0.717) is 5.03 Å². The second kappa shape index (κ2) is 5.37. The van der Waals surface area contributed by atoms with Crippen LogP contribution < -0.4 is 5.32 Å². The first-order valence-electron chi connectivity index (χ1n) is 4.90. The fraction of sp³-hybridized carbons (Fsp3) is 0.700. The van der Waals surface area contributed by atoms with Crippen LogP contribution in [0.1, 0.15) is 12.8 Å². The molecule has 0 bridgehead atoms. The number of amides is 1. The number of nitrogens with zero attached hydrogens (tertiary/aromatic N) is 1. The largest absolute Gasteiger partial charge is 0.359 e. The molecule has 3 nitrogen and oxygen atoms in total. The third-order valence-corrected chi connectivity index (χ3v) is 2.72. The van der Waals surface area contributed by atoms with Crippen molar-refractivity contribution in [2.24, 2.45) is 5.92 Å². The van der Waals surface area contributed by atoms with Crippen LogP contribution in [0, 0.1) is 5.92 Å². The van der Waals surface area contributed by atoms with Crippen LogP contribution in [0.4, 0.5) is 0 Å². The highest BCUT2D eigenvalue weighted by Crippen LogP contribution is 2.18. The molecule has 0 atom stereocenters. The van der Waals surface area contributed by atoms with Gasteiger partial charge in [-0.15, -0.1) is 0 Å². The van der Waals surface area contributed by atoms with Gasteiger partial charge in [-0.1, -0.05) is 18.2 Å². The Hall–Kier alpha value is -0.540. The number of nitrogens with one attached hydrogen (secondary N) is 1. The van der Waals surface area contributed by atoms with Crippen LogP contribution >= 0.6 is 11.6 Å². The lowest BCUT2D eigenvalue weighted by atomic mass is 9.96. The van der Waals surface area contributed by atoms with Gasteiger partial charge in [0, 0.05) is 24.5 Å². The van der Waals surface area contributed by atoms with Crippen molar-refractivity contribution in [1.82, 2.24) is 10.2 Å². The Morgan fingerprint density at radius 3 is 2.57 bits per heavy atom. The molecule has 1 aliphatic rings. The van der Waals surface area contributed by atoms with Crippen molar-refractivity contribution in [3.63, 3.8) is 0 Å². The summed E-state index contributed by atoms with van der Waals surface area (Å²) >= 11 is 5.72. The summed E-state index contributed by atoms with van der Waals surface area (Å²) in [6.07, 6.45) is 1.84. The fourth-order valence-corrected chi connectivity index (χ4v) is 1.97. The van der Waals surface area contributed by atoms with Gasteiger partial charge in [0.05, 0.1) is 0 Å². The number of hydrogen-bond acceptors (Lipinski definition) is 2. The first kappa shape index (κ1) is 11.5. The molecule has 0 unspecified atom stereocenters. The summed E-state index contributed by atoms with van der Waals surface area (Å²) in [7, 11) is 1.69. The van der Waals surface area contributed by atoms with Crippen molar-refractivity contribution in [2.45, 2.75) is 12.8 Å². The quantitative estimate of drug-likeness (QED) is 0.769. The lowest BCUT2D eigenvalue weighted by Gasteiger charge is -2.30. The Balaban J connectivity index is 2.31. The third-order valence-electron chi connectivity index (χ3n) is 2.60. The van der Waals surface area contributed by atoms with Gasteiger partial charge in [-0.2, -0.15) is 0 Å². The Labute approximate surface area is 90.1 Å². The van der Waals surface area contributed by atoms with E-state index in [1.54, 1.807) is 7.05 Å². The van der Waals surface area contributed by atoms with Crippen LogP contribution in [-0.2, 0) is 4.79 Å². The topological polar surface area (TPSA) is 32.3 Å². The molecule has 4 heteroatoms. The number of carbonyl (C=O) groups is 1. The molecule has 0 saturated carbocycles. The van der Waals surface area contributed by atoms with E-state index < -0.39 is 0 Å². The number of hydrogen-bond donors (Lipinski definition) is 1. The van der Waals surface area contributed by atoms with Gasteiger partial charge in [-0.3, -0.25) is 9.69 Å². The van der Waals surface area contributed by atoms with Gasteiger partial charge in [0.15, 0.2) is 0 Å². The predicted molar refractivity (Wildman–Crippen MR) is 58.2 cm³/mol. The van der Waals surface area contributed by atoms with E-state index in [1.165, 1.54) is 0 Å². The van der Waals surface area contributed by atoms with E-state index in [0.717, 1.165) is 32.5 Å². The molecule has 1 heterocycles. The van der Waals surface area contributed by atoms with Crippen LogP contribution in [0.5, 0.6) is 0 Å². The van der Waals surface area contributed by atoms with Crippen LogP contribution in [0.25, 0.3) is 0 Å². The van der Waals surface area contributed by atoms with Crippen molar-refractivity contribution in [1.29, 1.82) is 0 Å². The second-order valence-corrected chi connectivity index (χ2v) is 4.22. The second-order valence-electron chi connectivity index (χ2n) is 3.68. The summed E-state index contributed by atoms with van der Waals surface area (Å²) in [6.45, 7) is 6.27. The standard InChI is InChI=1S/C10H17ClN2O/c1-8(11)7-13-5-3-9(4-6-13)10(14)12-2/h9H,1,3-7H2,2H3,(H,12,14). The molecule has 14 heavy (non-hydrogen) atoms. The van der Waals surface area contributed by atoms with Crippen LogP contribution in [0.3, 0.4) is 0 Å². The zero-order valence-corrected chi connectivity index (χ0v) is 9.31. The van der Waals surface area contributed by atoms with E-state index in [9.17, 15) is 4.79 Å². The lowest BCUT2D eigenvalue weighted by molar-refractivity contribution is -0.125. The summed E-state index contributed by atoms with van der Waals surface area (Å²) in [4.78, 5) is 13.6. The minimum atomic E-state index is 0.161. The Morgan fingerprint density at radius 2 is 2.14 bits per heavy atom. The molecule has 0 aromatic rings. The Morgan fingerprint density at radius 1 is 1.57 bits per heavy atom. The number of likely N-dealkylation sites (tertiary alicyclic amines) is 1. The molecule has 1 N–H and O–H groups in total. The average Bonchev–Trinajstić information content (AvgIpc) is 2.17. The van der Waals surface area contributed by atoms with Gasteiger partial charge in [0.25, 0.3) is 0 Å². The summed E-state index contributed by atoms with van der Waals surface area (Å²) in [6, 6.07) is 0. The molecule has 1 aliphatic heterocycles. The molecule has 80 valence electrons. The van der Waals surface area contributed by atoms with E-state index in [-0.39, 0.29) is 11.8 Å². The van der Waals surface area contributed by atoms with Crippen molar-refractivity contribution in [2.75, 3.05) is 26.7 Å². The van der Waals surface area contributed by atoms with E-state index in [1.807, 2.05) is 0 Å². The maximum atomic E-state index is 11.3. The molecule has 0 aromatic heterocycles. The van der Waals surface area contributed by atoms with Crippen LogP contribution in [0.15, 0.2) is 11.6 Å². The Kier molecular flexibility index (Phi) is 4.42. The molecule has 0 radical (unpaired) electrons. The molecule has 1 rings (SSSR count). The fourth-order valence-electron chi connectivity index (χ4n) is 1.80. The molecule has 0 aliphatic carbocycles. The molecule has 1 saturated heterocycles. The number of piperidine rings is 1. The van der Waals surface area contributed by atoms with Crippen molar-refractivity contribution in [3.05, 3.63) is 11.6 Å². The van der Waals surface area contributed by atoms with Crippen molar-refractivity contribution < 1.29 is 4.79 Å². The first-order chi connectivity index (χ1) is 6.63. The highest BCUT2D eigenvalue weighted by molar-refractivity contribution is 6.29. The number of carbonyl (C=O) groups excluding carboxylic acids is 1.